The van der Waals surface area contributed by atoms with E-state index in [-0.39, 0.29) is 31.2 Å². The SMILES string of the molecule is Cc1cc(C2C(c3ccccn3)NC(=S)N2CCC(=O)Nc2cccc3ccccc23)c(C)n1-c1ccc2c(c1)OCO2. The summed E-state index contributed by atoms with van der Waals surface area (Å²) >= 11 is 5.89. The van der Waals surface area contributed by atoms with Gasteiger partial charge in [0.05, 0.1) is 17.8 Å². The maximum Gasteiger partial charge on any atom is 0.231 e. The van der Waals surface area contributed by atoms with E-state index >= 15 is 0 Å². The van der Waals surface area contributed by atoms with Crippen LogP contribution in [0.25, 0.3) is 16.5 Å². The largest absolute Gasteiger partial charge is 0.454 e. The average Bonchev–Trinajstić information content (AvgIpc) is 3.71. The van der Waals surface area contributed by atoms with E-state index in [1.165, 1.54) is 0 Å². The monoisotopic (exact) mass is 589 g/mol. The molecule has 2 unspecified atom stereocenters. The number of fused-ring (bicyclic) bond motifs is 2. The molecule has 2 aliphatic rings. The van der Waals surface area contributed by atoms with Gasteiger partial charge in [0.15, 0.2) is 16.6 Å². The highest BCUT2D eigenvalue weighted by atomic mass is 32.1. The molecule has 1 fully saturated rings. The lowest BCUT2D eigenvalue weighted by Gasteiger charge is -2.28. The van der Waals surface area contributed by atoms with Crippen LogP contribution in [0.5, 0.6) is 11.5 Å². The zero-order chi connectivity index (χ0) is 29.5. The Balaban J connectivity index is 1.20. The Morgan fingerprint density at radius 2 is 1.81 bits per heavy atom. The fourth-order valence-electron chi connectivity index (χ4n) is 6.26. The number of ether oxygens (including phenoxy) is 2. The highest BCUT2D eigenvalue weighted by Gasteiger charge is 2.41. The van der Waals surface area contributed by atoms with Gasteiger partial charge in [-0.3, -0.25) is 9.78 Å². The van der Waals surface area contributed by atoms with Gasteiger partial charge in [-0.15, -0.1) is 0 Å². The molecule has 0 saturated carbocycles. The van der Waals surface area contributed by atoms with E-state index in [4.69, 9.17) is 21.7 Å². The summed E-state index contributed by atoms with van der Waals surface area (Å²) in [5.41, 5.74) is 5.98. The van der Waals surface area contributed by atoms with E-state index in [1.807, 2.05) is 78.9 Å². The summed E-state index contributed by atoms with van der Waals surface area (Å²) < 4.78 is 13.4. The van der Waals surface area contributed by atoms with Crippen molar-refractivity contribution in [1.29, 1.82) is 0 Å². The van der Waals surface area contributed by atoms with E-state index < -0.39 is 0 Å². The lowest BCUT2D eigenvalue weighted by Crippen LogP contribution is -2.33. The Morgan fingerprint density at radius 1 is 1.00 bits per heavy atom. The third kappa shape index (κ3) is 4.95. The van der Waals surface area contributed by atoms with E-state index in [2.05, 4.69) is 45.0 Å². The van der Waals surface area contributed by atoms with Gasteiger partial charge < -0.3 is 29.6 Å². The molecule has 2 atom stereocenters. The second-order valence-electron chi connectivity index (χ2n) is 10.8. The molecule has 5 aromatic rings. The Bertz CT molecular complexity index is 1850. The Hall–Kier alpha value is -4.89. The van der Waals surface area contributed by atoms with Crippen LogP contribution in [-0.2, 0) is 4.79 Å². The van der Waals surface area contributed by atoms with Gasteiger partial charge in [0, 0.05) is 53.4 Å². The number of hydrogen-bond donors (Lipinski definition) is 2. The van der Waals surface area contributed by atoms with Crippen molar-refractivity contribution in [2.75, 3.05) is 18.7 Å². The third-order valence-corrected chi connectivity index (χ3v) is 8.60. The van der Waals surface area contributed by atoms with Crippen LogP contribution in [-0.4, -0.2) is 38.8 Å². The van der Waals surface area contributed by atoms with Crippen LogP contribution >= 0.6 is 12.2 Å². The second-order valence-corrected chi connectivity index (χ2v) is 11.2. The summed E-state index contributed by atoms with van der Waals surface area (Å²) in [6.07, 6.45) is 2.07. The Morgan fingerprint density at radius 3 is 2.67 bits per heavy atom. The summed E-state index contributed by atoms with van der Waals surface area (Å²) in [5.74, 6) is 1.42. The van der Waals surface area contributed by atoms with Crippen LogP contribution in [0.2, 0.25) is 0 Å². The van der Waals surface area contributed by atoms with Crippen molar-refractivity contribution in [2.45, 2.75) is 32.4 Å². The molecule has 7 rings (SSSR count). The number of thiocarbonyl (C=S) groups is 1. The first-order valence-corrected chi connectivity index (χ1v) is 14.7. The van der Waals surface area contributed by atoms with Gasteiger partial charge in [-0.25, -0.2) is 0 Å². The highest BCUT2D eigenvalue weighted by molar-refractivity contribution is 7.80. The highest BCUT2D eigenvalue weighted by Crippen LogP contribution is 2.42. The number of anilines is 1. The standard InChI is InChI=1S/C34H31N5O3S/c1-21-18-26(22(2)39(21)24-13-14-29-30(19-24)42-20-41-29)33-32(28-11-5-6-16-35-28)37-34(43)38(33)17-15-31(40)36-27-12-7-9-23-8-3-4-10-25(23)27/h3-14,16,18-19,32-33H,15,17,20H2,1-2H3,(H,36,40)(H,37,43). The van der Waals surface area contributed by atoms with Crippen LogP contribution in [0.4, 0.5) is 5.69 Å². The molecule has 9 heteroatoms. The molecule has 43 heavy (non-hydrogen) atoms. The Kier molecular flexibility index (Phi) is 6.95. The number of hydrogen-bond acceptors (Lipinski definition) is 5. The summed E-state index contributed by atoms with van der Waals surface area (Å²) in [4.78, 5) is 20.1. The van der Waals surface area contributed by atoms with Crippen LogP contribution in [0, 0.1) is 13.8 Å². The molecule has 0 aliphatic carbocycles. The molecule has 0 bridgehead atoms. The minimum absolute atomic E-state index is 0.0648. The van der Waals surface area contributed by atoms with Crippen molar-refractivity contribution >= 4 is 39.7 Å². The number of nitrogens with one attached hydrogen (secondary N) is 2. The molecule has 2 aliphatic heterocycles. The number of rotatable bonds is 7. The summed E-state index contributed by atoms with van der Waals surface area (Å²) in [6, 6.07) is 27.8. The number of aryl methyl sites for hydroxylation is 1. The minimum atomic E-state index is -0.180. The number of aromatic nitrogens is 2. The van der Waals surface area contributed by atoms with Crippen molar-refractivity contribution in [2.24, 2.45) is 0 Å². The number of nitrogens with zero attached hydrogens (tertiary/aromatic N) is 3. The van der Waals surface area contributed by atoms with Crippen LogP contribution < -0.4 is 20.1 Å². The molecule has 4 heterocycles. The predicted octanol–water partition coefficient (Wildman–Crippen LogP) is 6.37. The van der Waals surface area contributed by atoms with Gasteiger partial charge in [-0.05, 0) is 73.4 Å². The topological polar surface area (TPSA) is 80.7 Å². The first-order valence-electron chi connectivity index (χ1n) is 14.3. The van der Waals surface area contributed by atoms with E-state index in [9.17, 15) is 4.79 Å². The number of carbonyl (C=O) groups excluding carboxylic acids is 1. The average molecular weight is 590 g/mol. The molecule has 216 valence electrons. The number of amides is 1. The molecular weight excluding hydrogens is 558 g/mol. The Labute approximate surface area is 255 Å². The van der Waals surface area contributed by atoms with Crippen molar-refractivity contribution in [3.05, 3.63) is 114 Å². The summed E-state index contributed by atoms with van der Waals surface area (Å²) in [7, 11) is 0. The van der Waals surface area contributed by atoms with Gasteiger partial charge in [0.1, 0.15) is 0 Å². The van der Waals surface area contributed by atoms with Crippen molar-refractivity contribution < 1.29 is 14.3 Å². The van der Waals surface area contributed by atoms with E-state index in [1.54, 1.807) is 6.20 Å². The predicted molar refractivity (Wildman–Crippen MR) is 171 cm³/mol. The summed E-state index contributed by atoms with van der Waals surface area (Å²) in [6.45, 7) is 4.90. The summed E-state index contributed by atoms with van der Waals surface area (Å²) in [5, 5.41) is 9.34. The van der Waals surface area contributed by atoms with Gasteiger partial charge in [0.25, 0.3) is 0 Å². The molecule has 2 aromatic heterocycles. The molecule has 3 aromatic carbocycles. The maximum atomic E-state index is 13.3. The lowest BCUT2D eigenvalue weighted by molar-refractivity contribution is -0.116. The first-order chi connectivity index (χ1) is 21.0. The van der Waals surface area contributed by atoms with E-state index in [0.717, 1.165) is 56.3 Å². The molecule has 0 radical (unpaired) electrons. The quantitative estimate of drug-likeness (QED) is 0.214. The van der Waals surface area contributed by atoms with Crippen molar-refractivity contribution in [1.82, 2.24) is 19.8 Å². The van der Waals surface area contributed by atoms with Crippen LogP contribution in [0.15, 0.2) is 91.1 Å². The fraction of sp³-hybridized carbons (Fsp3) is 0.206. The zero-order valence-electron chi connectivity index (χ0n) is 23.9. The number of pyridine rings is 1. The molecule has 0 spiro atoms. The van der Waals surface area contributed by atoms with Gasteiger partial charge >= 0.3 is 0 Å². The second kappa shape index (κ2) is 11.1. The molecule has 8 nitrogen and oxygen atoms in total. The normalized spacial score (nSPS) is 17.3. The number of benzene rings is 3. The van der Waals surface area contributed by atoms with Gasteiger partial charge in [-0.2, -0.15) is 0 Å². The number of carbonyl (C=O) groups is 1. The van der Waals surface area contributed by atoms with Gasteiger partial charge in [-0.1, -0.05) is 42.5 Å². The van der Waals surface area contributed by atoms with E-state index in [0.29, 0.717) is 11.7 Å². The first kappa shape index (κ1) is 27.0. The molecular formula is C34H31N5O3S. The third-order valence-electron chi connectivity index (χ3n) is 8.24. The van der Waals surface area contributed by atoms with Crippen molar-refractivity contribution in [3.63, 3.8) is 0 Å². The smallest absolute Gasteiger partial charge is 0.231 e. The molecule has 1 amide bonds. The van der Waals surface area contributed by atoms with Crippen LogP contribution in [0.3, 0.4) is 0 Å². The lowest BCUT2D eigenvalue weighted by atomic mass is 9.96. The zero-order valence-corrected chi connectivity index (χ0v) is 24.7. The molecule has 1 saturated heterocycles. The minimum Gasteiger partial charge on any atom is -0.454 e. The fourth-order valence-corrected chi connectivity index (χ4v) is 6.59. The van der Waals surface area contributed by atoms with Crippen LogP contribution in [0.1, 0.15) is 41.1 Å². The van der Waals surface area contributed by atoms with Gasteiger partial charge in [0.2, 0.25) is 12.7 Å². The maximum absolute atomic E-state index is 13.3. The molecule has 2 N–H and O–H groups in total. The van der Waals surface area contributed by atoms with Crippen molar-refractivity contribution in [3.8, 4) is 17.2 Å².